The van der Waals surface area contributed by atoms with Gasteiger partial charge >= 0.3 is 7.82 Å². The number of nitrogens with one attached hydrogen (secondary N) is 1. The predicted octanol–water partition coefficient (Wildman–Crippen LogP) is 12.0. The Hall–Kier alpha value is -3.36. The molecular formula is C41H61N2O7P. The molecule has 0 bridgehead atoms. The van der Waals surface area contributed by atoms with Crippen LogP contribution in [0.15, 0.2) is 65.3 Å². The number of phenolic OH excluding ortho intramolecular Hbond substituents is 1. The van der Waals surface area contributed by atoms with Crippen molar-refractivity contribution in [3.05, 3.63) is 76.4 Å². The number of unbranched alkanes of at least 4 members (excludes halogenated alkanes) is 3. The molecule has 10 heteroatoms. The van der Waals surface area contributed by atoms with Gasteiger partial charge in [-0.25, -0.2) is 4.57 Å². The third-order valence-electron chi connectivity index (χ3n) is 8.59. The smallest absolute Gasteiger partial charge is 0.506 e. The Bertz CT molecular complexity index is 1550. The number of amides is 1. The number of para-hydroxylation sites is 1. The normalized spacial score (nSPS) is 13.4. The molecule has 0 atom stereocenters. The molecule has 1 aliphatic heterocycles. The lowest BCUT2D eigenvalue weighted by atomic mass is 10.1. The lowest BCUT2D eigenvalue weighted by Crippen LogP contribution is -2.30. The molecule has 0 radical (unpaired) electrons. The van der Waals surface area contributed by atoms with Crippen molar-refractivity contribution in [3.63, 3.8) is 0 Å². The van der Waals surface area contributed by atoms with Crippen molar-refractivity contribution in [2.24, 2.45) is 0 Å². The summed E-state index contributed by atoms with van der Waals surface area (Å²) in [4.78, 5) is 16.0. The number of phosphoric ester groups is 1. The number of carbonyl (C=O) groups is 1. The number of benzene rings is 2. The first-order valence-corrected chi connectivity index (χ1v) is 20.2. The van der Waals surface area contributed by atoms with Crippen LogP contribution in [0.4, 0.5) is 17.1 Å². The van der Waals surface area contributed by atoms with E-state index in [4.69, 9.17) is 18.3 Å². The van der Waals surface area contributed by atoms with Gasteiger partial charge in [-0.05, 0) is 90.8 Å². The van der Waals surface area contributed by atoms with Gasteiger partial charge in [-0.15, -0.1) is 0 Å². The molecule has 0 aliphatic carbocycles. The van der Waals surface area contributed by atoms with Gasteiger partial charge in [0.05, 0.1) is 42.4 Å². The fourth-order valence-corrected chi connectivity index (χ4v) is 6.72. The third-order valence-corrected chi connectivity index (χ3v) is 10.0. The van der Waals surface area contributed by atoms with Crippen molar-refractivity contribution in [2.45, 2.75) is 119 Å². The van der Waals surface area contributed by atoms with E-state index < -0.39 is 7.82 Å². The van der Waals surface area contributed by atoms with Crippen molar-refractivity contribution in [1.29, 1.82) is 0 Å². The summed E-state index contributed by atoms with van der Waals surface area (Å²) >= 11 is 0. The molecule has 0 saturated heterocycles. The number of phenols is 1. The largest absolute Gasteiger partial charge is 0.530 e. The van der Waals surface area contributed by atoms with Gasteiger partial charge in [-0.1, -0.05) is 81.0 Å². The summed E-state index contributed by atoms with van der Waals surface area (Å²) < 4.78 is 37.7. The lowest BCUT2D eigenvalue weighted by Gasteiger charge is -2.25. The maximum Gasteiger partial charge on any atom is 0.530 e. The number of fused-ring (bicyclic) bond motifs is 2. The molecule has 0 fully saturated rings. The molecule has 9 nitrogen and oxygen atoms in total. The number of ether oxygens (including phenoxy) is 1. The van der Waals surface area contributed by atoms with E-state index in [2.05, 4.69) is 58.2 Å². The molecule has 282 valence electrons. The van der Waals surface area contributed by atoms with Crippen molar-refractivity contribution in [2.75, 3.05) is 36.6 Å². The summed E-state index contributed by atoms with van der Waals surface area (Å²) in [5.74, 6) is -0.0883. The molecule has 0 aromatic heterocycles. The van der Waals surface area contributed by atoms with E-state index in [9.17, 15) is 14.5 Å². The van der Waals surface area contributed by atoms with Gasteiger partial charge in [0, 0.05) is 24.8 Å². The molecule has 0 unspecified atom stereocenters. The highest BCUT2D eigenvalue weighted by Gasteiger charge is 2.33. The molecule has 1 aliphatic rings. The molecule has 0 spiro atoms. The van der Waals surface area contributed by atoms with Crippen molar-refractivity contribution in [3.8, 4) is 11.5 Å². The Morgan fingerprint density at radius 1 is 0.843 bits per heavy atom. The minimum absolute atomic E-state index is 0.0385. The second-order valence-electron chi connectivity index (χ2n) is 13.5. The Morgan fingerprint density at radius 2 is 1.47 bits per heavy atom. The van der Waals surface area contributed by atoms with E-state index >= 15 is 0 Å². The van der Waals surface area contributed by atoms with Crippen molar-refractivity contribution >= 4 is 30.8 Å². The number of aromatic hydroxyl groups is 1. The third kappa shape index (κ3) is 13.6. The first kappa shape index (κ1) is 42.1. The Balaban J connectivity index is 2.04. The van der Waals surface area contributed by atoms with Crippen LogP contribution in [0.1, 0.15) is 129 Å². The Morgan fingerprint density at radius 3 is 2.12 bits per heavy atom. The Labute approximate surface area is 306 Å². The predicted molar refractivity (Wildman–Crippen MR) is 209 cm³/mol. The van der Waals surface area contributed by atoms with Gasteiger partial charge < -0.3 is 24.6 Å². The van der Waals surface area contributed by atoms with E-state index in [-0.39, 0.29) is 43.8 Å². The minimum Gasteiger partial charge on any atom is -0.506 e. The van der Waals surface area contributed by atoms with Gasteiger partial charge in [0.15, 0.2) is 0 Å². The van der Waals surface area contributed by atoms with Crippen LogP contribution in [-0.4, -0.2) is 37.4 Å². The maximum absolute atomic E-state index is 14.3. The van der Waals surface area contributed by atoms with Crippen LogP contribution >= 0.6 is 7.82 Å². The first-order chi connectivity index (χ1) is 24.5. The first-order valence-electron chi connectivity index (χ1n) is 18.7. The zero-order valence-corrected chi connectivity index (χ0v) is 32.9. The van der Waals surface area contributed by atoms with Crippen LogP contribution in [0.2, 0.25) is 0 Å². The highest BCUT2D eigenvalue weighted by molar-refractivity contribution is 7.48. The summed E-state index contributed by atoms with van der Waals surface area (Å²) in [6.45, 7) is 16.1. The fourth-order valence-electron chi connectivity index (χ4n) is 5.47. The molecule has 1 heterocycles. The molecule has 3 rings (SSSR count). The summed E-state index contributed by atoms with van der Waals surface area (Å²) in [5, 5.41) is 14.3. The van der Waals surface area contributed by atoms with Gasteiger partial charge in [0.25, 0.3) is 5.91 Å². The molecule has 2 aromatic rings. The van der Waals surface area contributed by atoms with Gasteiger partial charge in [-0.2, -0.15) is 0 Å². The fraction of sp³-hybridized carbons (Fsp3) is 0.537. The number of rotatable bonds is 23. The number of phosphoric acid groups is 1. The quantitative estimate of drug-likeness (QED) is 0.0505. The van der Waals surface area contributed by atoms with Gasteiger partial charge in [0.1, 0.15) is 11.5 Å². The second kappa shape index (κ2) is 21.9. The highest BCUT2D eigenvalue weighted by atomic mass is 31.2. The standard InChI is InChI=1S/C41H61N2O7P/c1-8-11-25-47-30-34-28-35(50-51(46,48-26-12-9-2)49-27-13-10-3)29-37-39(34)42-40-36(21-16-22-38(40)44)41(45)43(37)24-23-33(7)20-15-19-32(6)18-14-17-31(4)5/h16-17,19,21-23,28-29,42,44H,8-15,18,20,24-27,30H2,1-7H3/b32-19+,33-23+. The summed E-state index contributed by atoms with van der Waals surface area (Å²) in [6.07, 6.45) is 15.5. The number of anilines is 3. The molecule has 2 N–H and O–H groups in total. The van der Waals surface area contributed by atoms with E-state index in [1.54, 1.807) is 35.2 Å². The van der Waals surface area contributed by atoms with E-state index in [0.717, 1.165) is 56.9 Å². The zero-order chi connectivity index (χ0) is 37.2. The topological polar surface area (TPSA) is 107 Å². The van der Waals surface area contributed by atoms with Gasteiger partial charge in [0.2, 0.25) is 0 Å². The lowest BCUT2D eigenvalue weighted by molar-refractivity contribution is 0.0990. The monoisotopic (exact) mass is 724 g/mol. The second-order valence-corrected chi connectivity index (χ2v) is 15.1. The molecule has 2 aromatic carbocycles. The molecule has 0 saturated carbocycles. The average molecular weight is 725 g/mol. The van der Waals surface area contributed by atoms with Crippen molar-refractivity contribution < 1.29 is 32.8 Å². The zero-order valence-electron chi connectivity index (χ0n) is 32.0. The summed E-state index contributed by atoms with van der Waals surface area (Å²) in [6, 6.07) is 8.36. The molecule has 1 amide bonds. The summed E-state index contributed by atoms with van der Waals surface area (Å²) in [7, 11) is -3.99. The van der Waals surface area contributed by atoms with Crippen LogP contribution in [0, 0.1) is 0 Å². The van der Waals surface area contributed by atoms with E-state index in [1.165, 1.54) is 11.1 Å². The van der Waals surface area contributed by atoms with Crippen LogP contribution in [0.3, 0.4) is 0 Å². The van der Waals surface area contributed by atoms with Crippen LogP contribution in [0.25, 0.3) is 0 Å². The molecular weight excluding hydrogens is 663 g/mol. The van der Waals surface area contributed by atoms with Crippen molar-refractivity contribution in [1.82, 2.24) is 0 Å². The number of carbonyl (C=O) groups excluding carboxylic acids is 1. The van der Waals surface area contributed by atoms with Crippen LogP contribution in [-0.2, 0) is 25.0 Å². The number of hydrogen-bond acceptors (Lipinski definition) is 8. The maximum atomic E-state index is 14.3. The van der Waals surface area contributed by atoms with E-state index in [1.807, 2.05) is 13.8 Å². The molecule has 51 heavy (non-hydrogen) atoms. The van der Waals surface area contributed by atoms with E-state index in [0.29, 0.717) is 47.6 Å². The number of allylic oxidation sites excluding steroid dienone is 5. The number of nitrogens with zero attached hydrogens (tertiary/aromatic N) is 1. The SMILES string of the molecule is CCCCOCc1cc(OP(=O)(OCCCC)OCCCC)cc2c1Nc1c(O)cccc1C(=O)N2C/C=C(\C)CC/C=C(\C)CCC=C(C)C. The van der Waals surface area contributed by atoms with Crippen LogP contribution in [0.5, 0.6) is 11.5 Å². The van der Waals surface area contributed by atoms with Gasteiger partial charge in [-0.3, -0.25) is 13.8 Å². The minimum atomic E-state index is -3.99. The summed E-state index contributed by atoms with van der Waals surface area (Å²) in [5.41, 5.74) is 6.30. The Kier molecular flexibility index (Phi) is 18.0. The van der Waals surface area contributed by atoms with Crippen LogP contribution < -0.4 is 14.7 Å². The highest BCUT2D eigenvalue weighted by Crippen LogP contribution is 2.52. The average Bonchev–Trinajstić information content (AvgIpc) is 3.20. The number of hydrogen-bond donors (Lipinski definition) is 2.